The van der Waals surface area contributed by atoms with Gasteiger partial charge in [0.2, 0.25) is 0 Å². The molecule has 0 unspecified atom stereocenters. The second kappa shape index (κ2) is 5.22. The molecule has 0 spiro atoms. The van der Waals surface area contributed by atoms with Crippen molar-refractivity contribution in [3.8, 4) is 0 Å². The lowest BCUT2D eigenvalue weighted by atomic mass is 10.3. The third kappa shape index (κ3) is 2.28. The van der Waals surface area contributed by atoms with Gasteiger partial charge in [-0.3, -0.25) is 9.20 Å². The third-order valence-electron chi connectivity index (χ3n) is 2.73. The number of carbonyl (C=O) groups excluding carboxylic acids is 1. The number of fused-ring (bicyclic) bond motifs is 1. The van der Waals surface area contributed by atoms with Crippen LogP contribution in [-0.2, 0) is 0 Å². The Hall–Kier alpha value is -1.92. The average Bonchev–Trinajstić information content (AvgIpc) is 2.84. The number of hydrogen-bond donors (Lipinski definition) is 1. The van der Waals surface area contributed by atoms with Gasteiger partial charge in [0.25, 0.3) is 5.91 Å². The fraction of sp³-hybridized carbons (Fsp3) is 0. The number of nitrogens with one attached hydrogen (secondary N) is 1. The van der Waals surface area contributed by atoms with Crippen LogP contribution in [-0.4, -0.2) is 20.3 Å². The Labute approximate surface area is 127 Å². The highest BCUT2D eigenvalue weighted by atomic mass is 79.9. The van der Waals surface area contributed by atoms with E-state index in [0.29, 0.717) is 11.4 Å². The van der Waals surface area contributed by atoms with E-state index in [2.05, 4.69) is 31.2 Å². The fourth-order valence-corrected chi connectivity index (χ4v) is 2.46. The number of aromatic nitrogens is 3. The SMILES string of the molecule is O=C(Nc1cnc2c(Br)cccn12)c1cccnc1Cl. The van der Waals surface area contributed by atoms with E-state index in [0.717, 1.165) is 10.1 Å². The summed E-state index contributed by atoms with van der Waals surface area (Å²) >= 11 is 9.31. The van der Waals surface area contributed by atoms with E-state index >= 15 is 0 Å². The molecule has 0 aliphatic carbocycles. The van der Waals surface area contributed by atoms with Gasteiger partial charge in [0.05, 0.1) is 16.2 Å². The summed E-state index contributed by atoms with van der Waals surface area (Å²) in [6, 6.07) is 7.01. The molecule has 0 atom stereocenters. The lowest BCUT2D eigenvalue weighted by molar-refractivity contribution is 0.102. The summed E-state index contributed by atoms with van der Waals surface area (Å²) in [5.41, 5.74) is 1.04. The van der Waals surface area contributed by atoms with E-state index in [4.69, 9.17) is 11.6 Å². The lowest BCUT2D eigenvalue weighted by Gasteiger charge is -2.06. The molecular weight excluding hydrogens is 344 g/mol. The second-order valence-corrected chi connectivity index (χ2v) is 5.20. The highest BCUT2D eigenvalue weighted by Crippen LogP contribution is 2.21. The van der Waals surface area contributed by atoms with Crippen LogP contribution in [0.5, 0.6) is 0 Å². The van der Waals surface area contributed by atoms with Gasteiger partial charge in [-0.05, 0) is 40.2 Å². The first-order valence-electron chi connectivity index (χ1n) is 5.70. The minimum atomic E-state index is -0.329. The number of imidazole rings is 1. The molecule has 1 N–H and O–H groups in total. The molecule has 20 heavy (non-hydrogen) atoms. The summed E-state index contributed by atoms with van der Waals surface area (Å²) in [4.78, 5) is 20.3. The van der Waals surface area contributed by atoms with Gasteiger partial charge < -0.3 is 5.32 Å². The first-order chi connectivity index (χ1) is 9.66. The normalized spacial score (nSPS) is 10.7. The average molecular weight is 352 g/mol. The molecule has 3 aromatic rings. The van der Waals surface area contributed by atoms with Crippen molar-refractivity contribution in [3.63, 3.8) is 0 Å². The molecule has 100 valence electrons. The Bertz CT molecular complexity index is 802. The Morgan fingerprint density at radius 2 is 2.15 bits per heavy atom. The van der Waals surface area contributed by atoms with Crippen molar-refractivity contribution < 1.29 is 4.79 Å². The summed E-state index contributed by atoms with van der Waals surface area (Å²) in [5, 5.41) is 2.93. The summed E-state index contributed by atoms with van der Waals surface area (Å²) in [6.07, 6.45) is 4.93. The summed E-state index contributed by atoms with van der Waals surface area (Å²) in [7, 11) is 0. The molecule has 0 bridgehead atoms. The van der Waals surface area contributed by atoms with Crippen molar-refractivity contribution in [3.05, 3.63) is 58.0 Å². The van der Waals surface area contributed by atoms with E-state index in [9.17, 15) is 4.79 Å². The predicted octanol–water partition coefficient (Wildman–Crippen LogP) is 3.40. The highest BCUT2D eigenvalue weighted by Gasteiger charge is 2.13. The molecular formula is C13H8BrClN4O. The minimum Gasteiger partial charge on any atom is -0.306 e. The summed E-state index contributed by atoms with van der Waals surface area (Å²) in [6.45, 7) is 0. The van der Waals surface area contributed by atoms with Gasteiger partial charge in [0, 0.05) is 12.4 Å². The van der Waals surface area contributed by atoms with E-state index in [1.54, 1.807) is 22.7 Å². The second-order valence-electron chi connectivity index (χ2n) is 3.99. The van der Waals surface area contributed by atoms with E-state index in [1.165, 1.54) is 6.20 Å². The largest absolute Gasteiger partial charge is 0.306 e. The molecule has 3 aromatic heterocycles. The van der Waals surface area contributed by atoms with Crippen molar-refractivity contribution in [1.29, 1.82) is 0 Å². The van der Waals surface area contributed by atoms with E-state index < -0.39 is 0 Å². The maximum absolute atomic E-state index is 12.2. The van der Waals surface area contributed by atoms with Crippen LogP contribution in [0, 0.1) is 0 Å². The molecule has 3 rings (SSSR count). The van der Waals surface area contributed by atoms with Crippen molar-refractivity contribution in [2.45, 2.75) is 0 Å². The number of anilines is 1. The number of pyridine rings is 2. The zero-order chi connectivity index (χ0) is 14.1. The summed E-state index contributed by atoms with van der Waals surface area (Å²) < 4.78 is 2.62. The molecule has 0 radical (unpaired) electrons. The van der Waals surface area contributed by atoms with Crippen molar-refractivity contribution in [2.75, 3.05) is 5.32 Å². The number of rotatable bonds is 2. The van der Waals surface area contributed by atoms with E-state index in [1.807, 2.05) is 18.3 Å². The first kappa shape index (κ1) is 13.1. The monoisotopic (exact) mass is 350 g/mol. The van der Waals surface area contributed by atoms with Crippen LogP contribution in [0.2, 0.25) is 5.15 Å². The quantitative estimate of drug-likeness (QED) is 0.720. The van der Waals surface area contributed by atoms with Crippen LogP contribution < -0.4 is 5.32 Å². The third-order valence-corrected chi connectivity index (χ3v) is 3.65. The van der Waals surface area contributed by atoms with E-state index in [-0.39, 0.29) is 11.1 Å². The molecule has 7 heteroatoms. The molecule has 0 aliphatic rings. The molecule has 0 saturated heterocycles. The van der Waals surface area contributed by atoms with Crippen LogP contribution in [0.1, 0.15) is 10.4 Å². The number of hydrogen-bond acceptors (Lipinski definition) is 3. The fourth-order valence-electron chi connectivity index (χ4n) is 1.81. The maximum Gasteiger partial charge on any atom is 0.259 e. The van der Waals surface area contributed by atoms with Gasteiger partial charge in [-0.25, -0.2) is 9.97 Å². The zero-order valence-electron chi connectivity index (χ0n) is 10.0. The standard InChI is InChI=1S/C13H8BrClN4O/c14-9-4-2-6-19-10(7-17-12(9)19)18-13(20)8-3-1-5-16-11(8)15/h1-7H,(H,18,20). The predicted molar refractivity (Wildman–Crippen MR) is 80.1 cm³/mol. The van der Waals surface area contributed by atoms with Crippen molar-refractivity contribution in [2.24, 2.45) is 0 Å². The molecule has 3 heterocycles. The Morgan fingerprint density at radius 1 is 1.30 bits per heavy atom. The number of carbonyl (C=O) groups is 1. The molecule has 5 nitrogen and oxygen atoms in total. The topological polar surface area (TPSA) is 59.3 Å². The van der Waals surface area contributed by atoms with Gasteiger partial charge in [0.1, 0.15) is 11.0 Å². The zero-order valence-corrected chi connectivity index (χ0v) is 12.4. The van der Waals surface area contributed by atoms with Crippen LogP contribution >= 0.6 is 27.5 Å². The summed E-state index contributed by atoms with van der Waals surface area (Å²) in [5.74, 6) is 0.232. The van der Waals surface area contributed by atoms with Gasteiger partial charge in [-0.1, -0.05) is 11.6 Å². The van der Waals surface area contributed by atoms with Gasteiger partial charge >= 0.3 is 0 Å². The first-order valence-corrected chi connectivity index (χ1v) is 6.87. The Kier molecular flexibility index (Phi) is 3.42. The highest BCUT2D eigenvalue weighted by molar-refractivity contribution is 9.10. The molecule has 0 saturated carbocycles. The lowest BCUT2D eigenvalue weighted by Crippen LogP contribution is -2.14. The maximum atomic E-state index is 12.2. The van der Waals surface area contributed by atoms with Crippen LogP contribution in [0.3, 0.4) is 0 Å². The smallest absolute Gasteiger partial charge is 0.259 e. The molecule has 1 amide bonds. The number of nitrogens with zero attached hydrogens (tertiary/aromatic N) is 3. The van der Waals surface area contributed by atoms with Crippen LogP contribution in [0.15, 0.2) is 47.3 Å². The Morgan fingerprint density at radius 3 is 2.95 bits per heavy atom. The van der Waals surface area contributed by atoms with Crippen molar-refractivity contribution >= 4 is 44.9 Å². The molecule has 0 fully saturated rings. The molecule has 0 aliphatic heterocycles. The van der Waals surface area contributed by atoms with Gasteiger partial charge in [0.15, 0.2) is 5.65 Å². The minimum absolute atomic E-state index is 0.167. The van der Waals surface area contributed by atoms with Crippen LogP contribution in [0.25, 0.3) is 5.65 Å². The molecule has 0 aromatic carbocycles. The number of halogens is 2. The number of amides is 1. The van der Waals surface area contributed by atoms with Gasteiger partial charge in [-0.2, -0.15) is 0 Å². The van der Waals surface area contributed by atoms with Gasteiger partial charge in [-0.15, -0.1) is 0 Å². The van der Waals surface area contributed by atoms with Crippen molar-refractivity contribution in [1.82, 2.24) is 14.4 Å². The van der Waals surface area contributed by atoms with Crippen LogP contribution in [0.4, 0.5) is 5.82 Å². The Balaban J connectivity index is 1.96.